The summed E-state index contributed by atoms with van der Waals surface area (Å²) in [6, 6.07) is 7.20. The van der Waals surface area contributed by atoms with Gasteiger partial charge in [0.05, 0.1) is 10.7 Å². The first-order valence-electron chi connectivity index (χ1n) is 7.55. The number of aryl methyl sites for hydroxylation is 2. The Morgan fingerprint density at radius 2 is 2.19 bits per heavy atom. The van der Waals surface area contributed by atoms with Crippen molar-refractivity contribution < 1.29 is 0 Å². The molecular weight excluding hydrogens is 278 g/mol. The minimum atomic E-state index is 0.354. The van der Waals surface area contributed by atoms with Crippen LogP contribution in [0.4, 0.5) is 5.69 Å². The fraction of sp³-hybridized carbons (Fsp3) is 0.471. The molecule has 0 saturated carbocycles. The van der Waals surface area contributed by atoms with E-state index >= 15 is 0 Å². The average molecular weight is 301 g/mol. The molecule has 0 fully saturated rings. The number of thiazole rings is 1. The van der Waals surface area contributed by atoms with Crippen LogP contribution in [0.25, 0.3) is 0 Å². The molecule has 112 valence electrons. The van der Waals surface area contributed by atoms with Crippen LogP contribution in [0.5, 0.6) is 0 Å². The molecule has 1 aromatic heterocycles. The van der Waals surface area contributed by atoms with Gasteiger partial charge in [0, 0.05) is 36.7 Å². The third-order valence-corrected chi connectivity index (χ3v) is 5.47. The number of rotatable bonds is 4. The summed E-state index contributed by atoms with van der Waals surface area (Å²) in [6.45, 7) is 8.45. The van der Waals surface area contributed by atoms with E-state index in [-0.39, 0.29) is 0 Å². The molecule has 1 atom stereocenters. The second-order valence-electron chi connectivity index (χ2n) is 5.92. The summed E-state index contributed by atoms with van der Waals surface area (Å²) < 4.78 is 0. The van der Waals surface area contributed by atoms with E-state index in [1.165, 1.54) is 28.1 Å². The maximum Gasteiger partial charge on any atom is 0.0900 e. The van der Waals surface area contributed by atoms with Crippen molar-refractivity contribution in [3.05, 3.63) is 44.9 Å². The van der Waals surface area contributed by atoms with Crippen LogP contribution in [-0.2, 0) is 13.0 Å². The van der Waals surface area contributed by atoms with Gasteiger partial charge in [-0.25, -0.2) is 4.98 Å². The normalized spacial score (nSPS) is 15.3. The van der Waals surface area contributed by atoms with E-state index in [1.807, 2.05) is 0 Å². The van der Waals surface area contributed by atoms with Gasteiger partial charge in [0.15, 0.2) is 0 Å². The smallest absolute Gasteiger partial charge is 0.0900 e. The summed E-state index contributed by atoms with van der Waals surface area (Å²) in [6.07, 6.45) is 1.17. The molecule has 1 aromatic carbocycles. The number of aromatic nitrogens is 1. The third-order valence-electron chi connectivity index (χ3n) is 4.22. The second-order valence-corrected chi connectivity index (χ2v) is 7.15. The van der Waals surface area contributed by atoms with E-state index in [0.29, 0.717) is 6.04 Å². The van der Waals surface area contributed by atoms with Gasteiger partial charge in [-0.1, -0.05) is 12.1 Å². The second kappa shape index (κ2) is 5.78. The zero-order valence-electron chi connectivity index (χ0n) is 13.2. The molecule has 2 heterocycles. The summed E-state index contributed by atoms with van der Waals surface area (Å²) in [7, 11) is 2.17. The summed E-state index contributed by atoms with van der Waals surface area (Å²) in [5.41, 5.74) is 5.40. The van der Waals surface area contributed by atoms with Crippen LogP contribution in [0.1, 0.15) is 39.7 Å². The monoisotopic (exact) mass is 301 g/mol. The van der Waals surface area contributed by atoms with Crippen molar-refractivity contribution in [1.82, 2.24) is 10.3 Å². The molecule has 3 nitrogen and oxygen atoms in total. The predicted octanol–water partition coefficient (Wildman–Crippen LogP) is 3.60. The number of hydrogen-bond acceptors (Lipinski definition) is 4. The Balaban J connectivity index is 1.67. The van der Waals surface area contributed by atoms with Gasteiger partial charge < -0.3 is 10.2 Å². The van der Waals surface area contributed by atoms with E-state index in [0.717, 1.165) is 23.8 Å². The van der Waals surface area contributed by atoms with E-state index in [2.05, 4.69) is 61.2 Å². The van der Waals surface area contributed by atoms with Gasteiger partial charge in [0.1, 0.15) is 0 Å². The first-order chi connectivity index (χ1) is 10.0. The number of likely N-dealkylation sites (N-methyl/N-ethyl adjacent to an activating group) is 1. The molecule has 3 rings (SSSR count). The van der Waals surface area contributed by atoms with Crippen molar-refractivity contribution >= 4 is 17.0 Å². The number of nitrogens with zero attached hydrogens (tertiary/aromatic N) is 2. The summed E-state index contributed by atoms with van der Waals surface area (Å²) >= 11 is 1.80. The predicted molar refractivity (Wildman–Crippen MR) is 90.3 cm³/mol. The van der Waals surface area contributed by atoms with Crippen LogP contribution in [0.3, 0.4) is 0 Å². The topological polar surface area (TPSA) is 28.2 Å². The number of anilines is 1. The Morgan fingerprint density at radius 1 is 1.38 bits per heavy atom. The van der Waals surface area contributed by atoms with E-state index < -0.39 is 0 Å². The fourth-order valence-electron chi connectivity index (χ4n) is 3.04. The van der Waals surface area contributed by atoms with Gasteiger partial charge >= 0.3 is 0 Å². The quantitative estimate of drug-likeness (QED) is 0.935. The molecular formula is C17H23N3S. The summed E-state index contributed by atoms with van der Waals surface area (Å²) in [5, 5.41) is 4.78. The zero-order chi connectivity index (χ0) is 15.0. The average Bonchev–Trinajstić information content (AvgIpc) is 2.99. The summed E-state index contributed by atoms with van der Waals surface area (Å²) in [4.78, 5) is 8.20. The lowest BCUT2D eigenvalue weighted by Gasteiger charge is -2.15. The van der Waals surface area contributed by atoms with Gasteiger partial charge in [-0.2, -0.15) is 0 Å². The molecule has 1 aliphatic rings. The minimum absolute atomic E-state index is 0.354. The molecule has 4 heteroatoms. The lowest BCUT2D eigenvalue weighted by atomic mass is 10.1. The van der Waals surface area contributed by atoms with E-state index in [9.17, 15) is 0 Å². The lowest BCUT2D eigenvalue weighted by Crippen LogP contribution is -2.18. The maximum absolute atomic E-state index is 4.52. The molecule has 0 spiro atoms. The lowest BCUT2D eigenvalue weighted by molar-refractivity contribution is 0.579. The highest BCUT2D eigenvalue weighted by Gasteiger charge is 2.16. The van der Waals surface area contributed by atoms with Crippen molar-refractivity contribution in [1.29, 1.82) is 0 Å². The third kappa shape index (κ3) is 2.97. The Hall–Kier alpha value is -1.39. The molecule has 1 N–H and O–H groups in total. The zero-order valence-corrected chi connectivity index (χ0v) is 14.0. The molecule has 0 saturated heterocycles. The van der Waals surface area contributed by atoms with Crippen molar-refractivity contribution in [3.63, 3.8) is 0 Å². The van der Waals surface area contributed by atoms with Crippen molar-refractivity contribution in [2.45, 2.75) is 39.8 Å². The van der Waals surface area contributed by atoms with Gasteiger partial charge in [-0.15, -0.1) is 11.3 Å². The van der Waals surface area contributed by atoms with Crippen LogP contribution in [0.15, 0.2) is 18.2 Å². The highest BCUT2D eigenvalue weighted by Crippen LogP contribution is 2.28. The molecule has 0 amide bonds. The van der Waals surface area contributed by atoms with E-state index in [4.69, 9.17) is 0 Å². The Morgan fingerprint density at radius 3 is 2.90 bits per heavy atom. The van der Waals surface area contributed by atoms with Crippen LogP contribution in [0, 0.1) is 13.8 Å². The first kappa shape index (κ1) is 14.5. The largest absolute Gasteiger partial charge is 0.374 e. The van der Waals surface area contributed by atoms with Gasteiger partial charge in [0.25, 0.3) is 0 Å². The molecule has 2 aromatic rings. The number of benzene rings is 1. The van der Waals surface area contributed by atoms with Crippen LogP contribution in [0.2, 0.25) is 0 Å². The molecule has 1 aliphatic heterocycles. The highest BCUT2D eigenvalue weighted by molar-refractivity contribution is 7.11. The van der Waals surface area contributed by atoms with Gasteiger partial charge in [-0.05, 0) is 44.4 Å². The van der Waals surface area contributed by atoms with Crippen LogP contribution >= 0.6 is 11.3 Å². The summed E-state index contributed by atoms with van der Waals surface area (Å²) in [5.74, 6) is 0. The molecule has 1 unspecified atom stereocenters. The fourth-order valence-corrected chi connectivity index (χ4v) is 4.00. The van der Waals surface area contributed by atoms with Crippen LogP contribution in [-0.4, -0.2) is 18.6 Å². The molecule has 0 bridgehead atoms. The molecule has 0 aliphatic carbocycles. The van der Waals surface area contributed by atoms with Crippen molar-refractivity contribution in [2.24, 2.45) is 0 Å². The van der Waals surface area contributed by atoms with Crippen LogP contribution < -0.4 is 10.2 Å². The molecule has 21 heavy (non-hydrogen) atoms. The molecule has 0 radical (unpaired) electrons. The first-order valence-corrected chi connectivity index (χ1v) is 8.36. The van der Waals surface area contributed by atoms with E-state index in [1.54, 1.807) is 11.3 Å². The highest BCUT2D eigenvalue weighted by atomic mass is 32.1. The Labute approximate surface area is 131 Å². The SMILES string of the molecule is Cc1nc(C)c(C(C)NCc2ccc3c(c2)CCN3C)s1. The Kier molecular flexibility index (Phi) is 4.00. The minimum Gasteiger partial charge on any atom is -0.374 e. The number of hydrogen-bond donors (Lipinski definition) is 1. The maximum atomic E-state index is 4.52. The standard InChI is InChI=1S/C17H23N3S/c1-11(17-12(2)19-13(3)21-17)18-10-14-5-6-16-15(9-14)7-8-20(16)4/h5-6,9,11,18H,7-8,10H2,1-4H3. The van der Waals surface area contributed by atoms with Gasteiger partial charge in [0.2, 0.25) is 0 Å². The van der Waals surface area contributed by atoms with Crippen molar-refractivity contribution in [3.8, 4) is 0 Å². The van der Waals surface area contributed by atoms with Crippen molar-refractivity contribution in [2.75, 3.05) is 18.5 Å². The Bertz CT molecular complexity index is 647. The number of nitrogens with one attached hydrogen (secondary N) is 1. The number of fused-ring (bicyclic) bond motifs is 1. The van der Waals surface area contributed by atoms with Gasteiger partial charge in [-0.3, -0.25) is 0 Å².